The third-order valence-corrected chi connectivity index (χ3v) is 6.79. The van der Waals surface area contributed by atoms with Crippen LogP contribution < -0.4 is 0 Å². The Hall–Kier alpha value is -1.62. The number of aliphatic carboxylic acids is 1. The number of unbranched alkanes of at least 4 members (excludes halogenated alkanes) is 1. The summed E-state index contributed by atoms with van der Waals surface area (Å²) in [5.74, 6) is -0.776. The van der Waals surface area contributed by atoms with Gasteiger partial charge in [0.2, 0.25) is 10.0 Å². The topological polar surface area (TPSA) is 103 Å². The number of sulfonamides is 1. The first-order valence-electron chi connectivity index (χ1n) is 8.14. The molecule has 0 atom stereocenters. The van der Waals surface area contributed by atoms with Gasteiger partial charge < -0.3 is 10.0 Å². The maximum absolute atomic E-state index is 12.9. The van der Waals surface area contributed by atoms with E-state index in [1.54, 1.807) is 18.2 Å². The fraction of sp³-hybridized carbons (Fsp3) is 0.533. The summed E-state index contributed by atoms with van der Waals surface area (Å²) in [6.07, 6.45) is 1.63. The van der Waals surface area contributed by atoms with Crippen LogP contribution in [0.5, 0.6) is 0 Å². The highest BCUT2D eigenvalue weighted by Gasteiger charge is 2.31. The Bertz CT molecular complexity index is 826. The molecule has 136 valence electrons. The molecule has 0 spiro atoms. The maximum Gasteiger partial charge on any atom is 0.303 e. The number of fused-ring (bicyclic) bond motifs is 1. The number of piperazine rings is 1. The van der Waals surface area contributed by atoms with E-state index in [0.29, 0.717) is 44.0 Å². The summed E-state index contributed by atoms with van der Waals surface area (Å²) >= 11 is 1.01. The fourth-order valence-electron chi connectivity index (χ4n) is 2.93. The molecule has 2 heterocycles. The first kappa shape index (κ1) is 18.2. The van der Waals surface area contributed by atoms with Crippen LogP contribution in [-0.2, 0) is 26.2 Å². The summed E-state index contributed by atoms with van der Waals surface area (Å²) in [5.41, 5.74) is 1.03. The van der Waals surface area contributed by atoms with Gasteiger partial charge >= 0.3 is 5.97 Å². The van der Waals surface area contributed by atoms with Crippen molar-refractivity contribution in [1.82, 2.24) is 9.21 Å². The van der Waals surface area contributed by atoms with Crippen LogP contribution in [0, 0.1) is 0 Å². The quantitative estimate of drug-likeness (QED) is 0.735. The van der Waals surface area contributed by atoms with Crippen LogP contribution in [0.25, 0.3) is 0 Å². The fourth-order valence-corrected chi connectivity index (χ4v) is 5.11. The normalized spacial score (nSPS) is 18.1. The molecule has 1 aromatic carbocycles. The Morgan fingerprint density at radius 3 is 2.64 bits per heavy atom. The Labute approximate surface area is 150 Å². The molecule has 10 heteroatoms. The van der Waals surface area contributed by atoms with Crippen molar-refractivity contribution >= 4 is 38.7 Å². The average Bonchev–Trinajstić information content (AvgIpc) is 3.07. The van der Waals surface area contributed by atoms with E-state index in [2.05, 4.69) is 13.6 Å². The van der Waals surface area contributed by atoms with Gasteiger partial charge in [-0.2, -0.15) is 13.0 Å². The van der Waals surface area contributed by atoms with Crippen molar-refractivity contribution in [3.8, 4) is 0 Å². The lowest BCUT2D eigenvalue weighted by atomic mass is 10.2. The smallest absolute Gasteiger partial charge is 0.303 e. The van der Waals surface area contributed by atoms with Crippen LogP contribution in [0.4, 0.5) is 11.4 Å². The molecular formula is C15H20N4O4S2. The maximum atomic E-state index is 12.9. The molecule has 3 rings (SSSR count). The molecule has 2 aliphatic rings. The van der Waals surface area contributed by atoms with Crippen molar-refractivity contribution in [2.45, 2.75) is 24.2 Å². The second kappa shape index (κ2) is 7.73. The lowest BCUT2D eigenvalue weighted by Gasteiger charge is -2.34. The lowest BCUT2D eigenvalue weighted by molar-refractivity contribution is -0.137. The molecule has 0 aliphatic carbocycles. The molecule has 8 nitrogen and oxygen atoms in total. The second-order valence-corrected chi connectivity index (χ2v) is 8.42. The molecule has 25 heavy (non-hydrogen) atoms. The predicted octanol–water partition coefficient (Wildman–Crippen LogP) is 1.97. The third-order valence-electron chi connectivity index (χ3n) is 4.31. The Balaban J connectivity index is 1.59. The first-order chi connectivity index (χ1) is 12.0. The van der Waals surface area contributed by atoms with Gasteiger partial charge in [-0.3, -0.25) is 4.79 Å². The molecule has 0 radical (unpaired) electrons. The molecule has 0 unspecified atom stereocenters. The third kappa shape index (κ3) is 4.14. The molecular weight excluding hydrogens is 364 g/mol. The highest BCUT2D eigenvalue weighted by Crippen LogP contribution is 2.38. The van der Waals surface area contributed by atoms with Crippen molar-refractivity contribution in [1.29, 1.82) is 0 Å². The highest BCUT2D eigenvalue weighted by molar-refractivity contribution is 7.89. The van der Waals surface area contributed by atoms with Crippen LogP contribution in [0.2, 0.25) is 0 Å². The van der Waals surface area contributed by atoms with E-state index in [-0.39, 0.29) is 11.3 Å². The van der Waals surface area contributed by atoms with Gasteiger partial charge in [-0.15, -0.1) is 0 Å². The van der Waals surface area contributed by atoms with E-state index in [1.807, 2.05) is 0 Å². The minimum atomic E-state index is -3.59. The Morgan fingerprint density at radius 1 is 1.16 bits per heavy atom. The van der Waals surface area contributed by atoms with Crippen LogP contribution in [0.1, 0.15) is 19.3 Å². The van der Waals surface area contributed by atoms with Crippen molar-refractivity contribution < 1.29 is 18.3 Å². The van der Waals surface area contributed by atoms with Gasteiger partial charge in [-0.25, -0.2) is 8.42 Å². The van der Waals surface area contributed by atoms with Crippen LogP contribution in [0.15, 0.2) is 31.8 Å². The van der Waals surface area contributed by atoms with Gasteiger partial charge in [0, 0.05) is 32.6 Å². The molecule has 0 amide bonds. The van der Waals surface area contributed by atoms with Crippen LogP contribution >= 0.6 is 0 Å². The van der Waals surface area contributed by atoms with Gasteiger partial charge in [-0.1, -0.05) is 6.07 Å². The van der Waals surface area contributed by atoms with Gasteiger partial charge in [0.1, 0.15) is 16.3 Å². The van der Waals surface area contributed by atoms with E-state index in [9.17, 15) is 13.2 Å². The highest BCUT2D eigenvalue weighted by atomic mass is 32.2. The monoisotopic (exact) mass is 384 g/mol. The van der Waals surface area contributed by atoms with E-state index >= 15 is 0 Å². The second-order valence-electron chi connectivity index (χ2n) is 5.98. The minimum Gasteiger partial charge on any atom is -0.481 e. The summed E-state index contributed by atoms with van der Waals surface area (Å²) < 4.78 is 35.6. The van der Waals surface area contributed by atoms with E-state index in [0.717, 1.165) is 24.3 Å². The van der Waals surface area contributed by atoms with Crippen molar-refractivity contribution in [2.24, 2.45) is 8.73 Å². The molecule has 0 bridgehead atoms. The molecule has 1 saturated heterocycles. The Morgan fingerprint density at radius 2 is 1.92 bits per heavy atom. The summed E-state index contributed by atoms with van der Waals surface area (Å²) in [5, 5.41) is 8.65. The molecule has 0 saturated carbocycles. The number of carboxylic acids is 1. The minimum absolute atomic E-state index is 0.181. The zero-order chi connectivity index (χ0) is 17.9. The van der Waals surface area contributed by atoms with Gasteiger partial charge in [-0.05, 0) is 31.5 Å². The number of hydrogen-bond donors (Lipinski definition) is 1. The van der Waals surface area contributed by atoms with E-state index in [4.69, 9.17) is 5.11 Å². The zero-order valence-electron chi connectivity index (χ0n) is 13.7. The van der Waals surface area contributed by atoms with Crippen LogP contribution in [-0.4, -0.2) is 61.4 Å². The number of hydrogen-bond acceptors (Lipinski definition) is 6. The van der Waals surface area contributed by atoms with Crippen molar-refractivity contribution in [3.63, 3.8) is 0 Å². The average molecular weight is 384 g/mol. The molecule has 1 aromatic rings. The number of rotatable bonds is 7. The molecule has 2 aliphatic heterocycles. The van der Waals surface area contributed by atoms with E-state index in [1.165, 1.54) is 4.31 Å². The number of nitrogens with zero attached hydrogens (tertiary/aromatic N) is 4. The number of carboxylic acid groups (broad SMARTS) is 1. The largest absolute Gasteiger partial charge is 0.481 e. The first-order valence-corrected chi connectivity index (χ1v) is 10.3. The summed E-state index contributed by atoms with van der Waals surface area (Å²) in [6.45, 7) is 2.95. The van der Waals surface area contributed by atoms with Crippen molar-refractivity contribution in [2.75, 3.05) is 32.7 Å². The molecule has 0 aromatic heterocycles. The standard InChI is InChI=1S/C15H20N4O4S2/c20-14(21)6-1-2-7-18-8-10-19(11-9-18)25(22,23)13-5-3-4-12-15(13)17-24-16-12/h3-5H,1-2,6-11H2,(H,20,21). The summed E-state index contributed by atoms with van der Waals surface area (Å²) in [4.78, 5) is 12.9. The summed E-state index contributed by atoms with van der Waals surface area (Å²) in [6, 6.07) is 5.03. The zero-order valence-corrected chi connectivity index (χ0v) is 15.3. The number of carbonyl (C=O) groups is 1. The van der Waals surface area contributed by atoms with Gasteiger partial charge in [0.15, 0.2) is 0 Å². The SMILES string of the molecule is O=C(O)CCCCN1CCN(S(=O)(=O)c2cccc3c2N=S=N3)CC1. The predicted molar refractivity (Wildman–Crippen MR) is 94.7 cm³/mol. The molecule has 1 fully saturated rings. The molecule has 1 N–H and O–H groups in total. The number of benzene rings is 1. The summed E-state index contributed by atoms with van der Waals surface area (Å²) in [7, 11) is -3.59. The van der Waals surface area contributed by atoms with Gasteiger partial charge in [0.25, 0.3) is 0 Å². The Kier molecular flexibility index (Phi) is 5.62. The lowest BCUT2D eigenvalue weighted by Crippen LogP contribution is -2.48. The van der Waals surface area contributed by atoms with Gasteiger partial charge in [0.05, 0.1) is 11.4 Å². The van der Waals surface area contributed by atoms with Crippen LogP contribution in [0.3, 0.4) is 0 Å². The van der Waals surface area contributed by atoms with Crippen molar-refractivity contribution in [3.05, 3.63) is 18.2 Å². The van der Waals surface area contributed by atoms with E-state index < -0.39 is 16.0 Å².